The molecule has 0 saturated carbocycles. The summed E-state index contributed by atoms with van der Waals surface area (Å²) in [5.41, 5.74) is 2.98. The molecule has 1 aliphatic carbocycles. The lowest BCUT2D eigenvalue weighted by Gasteiger charge is -2.26. The average Bonchev–Trinajstić information content (AvgIpc) is 3.24. The summed E-state index contributed by atoms with van der Waals surface area (Å²) in [6.45, 7) is 3.71. The van der Waals surface area contributed by atoms with Crippen LogP contribution in [0.1, 0.15) is 20.3 Å². The molecular weight excluding hydrogens is 316 g/mol. The Kier molecular flexibility index (Phi) is 3.71. The van der Waals surface area contributed by atoms with E-state index in [1.807, 2.05) is 50.3 Å². The quantitative estimate of drug-likeness (QED) is 0.524. The summed E-state index contributed by atoms with van der Waals surface area (Å²) in [6, 6.07) is 9.52. The highest BCUT2D eigenvalue weighted by molar-refractivity contribution is 6.09. The summed E-state index contributed by atoms with van der Waals surface area (Å²) in [4.78, 5) is 26.5. The van der Waals surface area contributed by atoms with E-state index in [-0.39, 0.29) is 23.8 Å². The molecular formula is C20H20N2O3. The molecule has 2 amide bonds. The third-order valence-electron chi connectivity index (χ3n) is 5.22. The molecule has 25 heavy (non-hydrogen) atoms. The number of rotatable bonds is 3. The van der Waals surface area contributed by atoms with E-state index in [1.165, 1.54) is 0 Å². The fraction of sp³-hybridized carbons (Fsp3) is 0.300. The summed E-state index contributed by atoms with van der Waals surface area (Å²) in [5.74, 6) is -0.0307. The number of para-hydroxylation sites is 1. The highest BCUT2D eigenvalue weighted by Crippen LogP contribution is 2.35. The van der Waals surface area contributed by atoms with Gasteiger partial charge in [0.1, 0.15) is 0 Å². The van der Waals surface area contributed by atoms with Crippen molar-refractivity contribution in [1.29, 1.82) is 0 Å². The highest BCUT2D eigenvalue weighted by Gasteiger charge is 2.40. The molecule has 2 aliphatic heterocycles. The van der Waals surface area contributed by atoms with Crippen LogP contribution >= 0.6 is 0 Å². The summed E-state index contributed by atoms with van der Waals surface area (Å²) in [5, 5.41) is 2.95. The lowest BCUT2D eigenvalue weighted by Crippen LogP contribution is -2.36. The number of benzene rings is 1. The second-order valence-electron chi connectivity index (χ2n) is 6.65. The lowest BCUT2D eigenvalue weighted by atomic mass is 9.99. The third kappa shape index (κ3) is 2.47. The van der Waals surface area contributed by atoms with Crippen LogP contribution in [0.4, 0.5) is 5.69 Å². The van der Waals surface area contributed by atoms with Crippen LogP contribution in [-0.2, 0) is 14.3 Å². The molecule has 2 heterocycles. The van der Waals surface area contributed by atoms with Crippen molar-refractivity contribution in [2.45, 2.75) is 32.5 Å². The van der Waals surface area contributed by atoms with E-state index in [0.717, 1.165) is 17.7 Å². The van der Waals surface area contributed by atoms with Crippen molar-refractivity contribution >= 4 is 17.5 Å². The zero-order chi connectivity index (χ0) is 17.6. The first-order chi connectivity index (χ1) is 12.1. The Morgan fingerprint density at radius 2 is 1.96 bits per heavy atom. The first kappa shape index (κ1) is 15.7. The number of fused-ring (bicyclic) bond motifs is 1. The van der Waals surface area contributed by atoms with E-state index >= 15 is 0 Å². The minimum atomic E-state index is -0.524. The summed E-state index contributed by atoms with van der Waals surface area (Å²) < 4.78 is 5.98. The van der Waals surface area contributed by atoms with Gasteiger partial charge in [-0.25, -0.2) is 0 Å². The molecule has 0 aromatic heterocycles. The topological polar surface area (TPSA) is 58.6 Å². The Labute approximate surface area is 146 Å². The van der Waals surface area contributed by atoms with Crippen molar-refractivity contribution in [1.82, 2.24) is 5.32 Å². The standard InChI is InChI=1S/C20H20N2O3/c1-12-13(2)20(22(19(12)24)14-7-4-3-5-8-14)25-11-16-15-9-6-10-17(15)21-18(16)23/h3-8,10-11,15,17,20H,9H2,1-2H3,(H,21,23). The number of anilines is 1. The van der Waals surface area contributed by atoms with Crippen LogP contribution in [0.25, 0.3) is 0 Å². The van der Waals surface area contributed by atoms with E-state index in [0.29, 0.717) is 11.1 Å². The van der Waals surface area contributed by atoms with E-state index in [9.17, 15) is 9.59 Å². The van der Waals surface area contributed by atoms with Crippen LogP contribution in [0.3, 0.4) is 0 Å². The Morgan fingerprint density at radius 3 is 2.72 bits per heavy atom. The second kappa shape index (κ2) is 5.92. The maximum absolute atomic E-state index is 12.6. The predicted octanol–water partition coefficient (Wildman–Crippen LogP) is 2.67. The van der Waals surface area contributed by atoms with Gasteiger partial charge < -0.3 is 10.1 Å². The van der Waals surface area contributed by atoms with Crippen LogP contribution in [0.2, 0.25) is 0 Å². The zero-order valence-corrected chi connectivity index (χ0v) is 14.2. The number of nitrogens with zero attached hydrogens (tertiary/aromatic N) is 1. The maximum Gasteiger partial charge on any atom is 0.257 e. The van der Waals surface area contributed by atoms with Gasteiger partial charge in [-0.05, 0) is 38.0 Å². The molecule has 1 fully saturated rings. The fourth-order valence-electron chi connectivity index (χ4n) is 3.64. The molecule has 1 saturated heterocycles. The number of allylic oxidation sites excluding steroid dienone is 1. The molecule has 3 aliphatic rings. The molecule has 128 valence electrons. The highest BCUT2D eigenvalue weighted by atomic mass is 16.5. The van der Waals surface area contributed by atoms with Crippen molar-refractivity contribution in [3.05, 3.63) is 65.5 Å². The Morgan fingerprint density at radius 1 is 1.20 bits per heavy atom. The molecule has 3 atom stereocenters. The van der Waals surface area contributed by atoms with Gasteiger partial charge in [-0.2, -0.15) is 0 Å². The van der Waals surface area contributed by atoms with Crippen molar-refractivity contribution in [2.75, 3.05) is 4.90 Å². The minimum absolute atomic E-state index is 0.0659. The number of hydrogen-bond donors (Lipinski definition) is 1. The largest absolute Gasteiger partial charge is 0.473 e. The van der Waals surface area contributed by atoms with Crippen LogP contribution in [0.5, 0.6) is 0 Å². The first-order valence-electron chi connectivity index (χ1n) is 8.47. The first-order valence-corrected chi connectivity index (χ1v) is 8.47. The number of hydrogen-bond acceptors (Lipinski definition) is 3. The molecule has 0 bridgehead atoms. The Bertz CT molecular complexity index is 823. The molecule has 4 rings (SSSR count). The molecule has 1 aromatic rings. The molecule has 0 radical (unpaired) electrons. The van der Waals surface area contributed by atoms with Crippen molar-refractivity contribution in [3.63, 3.8) is 0 Å². The maximum atomic E-state index is 12.6. The number of amides is 2. The van der Waals surface area contributed by atoms with Gasteiger partial charge in [0.15, 0.2) is 0 Å². The molecule has 1 N–H and O–H groups in total. The van der Waals surface area contributed by atoms with Gasteiger partial charge in [-0.15, -0.1) is 0 Å². The molecule has 0 spiro atoms. The number of carbonyl (C=O) groups is 2. The van der Waals surface area contributed by atoms with E-state index in [1.54, 1.807) is 11.2 Å². The van der Waals surface area contributed by atoms with Gasteiger partial charge in [-0.3, -0.25) is 14.5 Å². The fourth-order valence-corrected chi connectivity index (χ4v) is 3.64. The van der Waals surface area contributed by atoms with Crippen molar-refractivity contribution in [2.24, 2.45) is 5.92 Å². The van der Waals surface area contributed by atoms with Gasteiger partial charge >= 0.3 is 0 Å². The lowest BCUT2D eigenvalue weighted by molar-refractivity contribution is -0.116. The van der Waals surface area contributed by atoms with E-state index in [4.69, 9.17) is 4.74 Å². The molecule has 5 nitrogen and oxygen atoms in total. The number of ether oxygens (including phenoxy) is 1. The summed E-state index contributed by atoms with van der Waals surface area (Å²) in [7, 11) is 0. The van der Waals surface area contributed by atoms with Crippen LogP contribution in [0.15, 0.2) is 65.5 Å². The summed E-state index contributed by atoms with van der Waals surface area (Å²) in [6.07, 6.45) is 5.95. The third-order valence-corrected chi connectivity index (χ3v) is 5.22. The van der Waals surface area contributed by atoms with Gasteiger partial charge in [-0.1, -0.05) is 30.4 Å². The van der Waals surface area contributed by atoms with Gasteiger partial charge in [0, 0.05) is 17.2 Å². The van der Waals surface area contributed by atoms with E-state index < -0.39 is 6.23 Å². The van der Waals surface area contributed by atoms with Crippen LogP contribution < -0.4 is 10.2 Å². The second-order valence-corrected chi connectivity index (χ2v) is 6.65. The monoisotopic (exact) mass is 336 g/mol. The smallest absolute Gasteiger partial charge is 0.257 e. The van der Waals surface area contributed by atoms with E-state index in [2.05, 4.69) is 11.4 Å². The van der Waals surface area contributed by atoms with Gasteiger partial charge in [0.25, 0.3) is 11.8 Å². The Balaban J connectivity index is 1.62. The minimum Gasteiger partial charge on any atom is -0.473 e. The van der Waals surface area contributed by atoms with Gasteiger partial charge in [0.05, 0.1) is 17.9 Å². The number of nitrogens with one attached hydrogen (secondary N) is 1. The molecule has 1 aromatic carbocycles. The average molecular weight is 336 g/mol. The van der Waals surface area contributed by atoms with Crippen molar-refractivity contribution in [3.8, 4) is 0 Å². The van der Waals surface area contributed by atoms with Gasteiger partial charge in [0.2, 0.25) is 6.23 Å². The van der Waals surface area contributed by atoms with Crippen LogP contribution in [-0.4, -0.2) is 24.1 Å². The summed E-state index contributed by atoms with van der Waals surface area (Å²) >= 11 is 0. The Hall–Kier alpha value is -2.82. The normalized spacial score (nSPS) is 29.6. The number of carbonyl (C=O) groups excluding carboxylic acids is 2. The van der Waals surface area contributed by atoms with Crippen LogP contribution in [0, 0.1) is 5.92 Å². The zero-order valence-electron chi connectivity index (χ0n) is 14.2. The molecule has 3 unspecified atom stereocenters. The molecule has 5 heteroatoms. The predicted molar refractivity (Wildman–Crippen MR) is 94.4 cm³/mol. The SMILES string of the molecule is CC1=C(C)C(OC=C2C(=O)NC3C=CCC23)N(c2ccccc2)C1=O. The van der Waals surface area contributed by atoms with Crippen molar-refractivity contribution < 1.29 is 14.3 Å².